The average Bonchev–Trinajstić information content (AvgIpc) is 2.41. The van der Waals surface area contributed by atoms with Crippen LogP contribution in [0.3, 0.4) is 0 Å². The van der Waals surface area contributed by atoms with Crippen LogP contribution in [0, 0.1) is 9.39 Å². The van der Waals surface area contributed by atoms with Crippen LogP contribution < -0.4 is 11.1 Å². The molecule has 1 heterocycles. The summed E-state index contributed by atoms with van der Waals surface area (Å²) in [6.45, 7) is 2.62. The zero-order valence-electron chi connectivity index (χ0n) is 10.6. The molecule has 100 valence electrons. The van der Waals surface area contributed by atoms with Gasteiger partial charge in [0, 0.05) is 12.3 Å². The van der Waals surface area contributed by atoms with Gasteiger partial charge in [-0.05, 0) is 46.7 Å². The first kappa shape index (κ1) is 14.0. The first-order valence-electron chi connectivity index (χ1n) is 6.03. The molecule has 0 saturated carbocycles. The third-order valence-electron chi connectivity index (χ3n) is 2.90. The highest BCUT2D eigenvalue weighted by Crippen LogP contribution is 2.24. The number of aryl methyl sites for hydroxylation is 1. The maximum absolute atomic E-state index is 13.5. The van der Waals surface area contributed by atoms with Crippen LogP contribution in [0.4, 0.5) is 15.8 Å². The number of nitrogens with two attached hydrogens (primary N) is 1. The van der Waals surface area contributed by atoms with E-state index in [2.05, 4.69) is 17.2 Å². The van der Waals surface area contributed by atoms with Crippen LogP contribution in [0.15, 0.2) is 30.5 Å². The molecule has 1 aromatic heterocycles. The molecule has 0 aliphatic carbocycles. The average molecular weight is 371 g/mol. The lowest BCUT2D eigenvalue weighted by atomic mass is 10.1. The topological polar surface area (TPSA) is 50.9 Å². The molecule has 0 unspecified atom stereocenters. The number of nitrogen functional groups attached to an aromatic ring is 1. The largest absolute Gasteiger partial charge is 0.397 e. The first-order chi connectivity index (χ1) is 9.11. The quantitative estimate of drug-likeness (QED) is 0.638. The molecule has 3 N–H and O–H groups in total. The Morgan fingerprint density at radius 3 is 2.95 bits per heavy atom. The van der Waals surface area contributed by atoms with Gasteiger partial charge in [0.05, 0.1) is 27.2 Å². The summed E-state index contributed by atoms with van der Waals surface area (Å²) in [6, 6.07) is 7.01. The van der Waals surface area contributed by atoms with Crippen molar-refractivity contribution < 1.29 is 4.39 Å². The van der Waals surface area contributed by atoms with E-state index in [9.17, 15) is 4.39 Å². The number of nitrogens with one attached hydrogen (secondary N) is 1. The minimum atomic E-state index is -0.269. The Bertz CT molecular complexity index is 587. The standard InChI is InChI=1S/C14H15FIN3/c1-2-9-4-3-5-18-14(9)8-19-13-6-10(15)11(16)7-12(13)17/h3-7,19H,2,8,17H2,1H3. The van der Waals surface area contributed by atoms with Gasteiger partial charge in [0.25, 0.3) is 0 Å². The molecule has 2 rings (SSSR count). The van der Waals surface area contributed by atoms with E-state index in [1.165, 1.54) is 11.6 Å². The van der Waals surface area contributed by atoms with Crippen molar-refractivity contribution in [1.82, 2.24) is 4.98 Å². The number of rotatable bonds is 4. The third-order valence-corrected chi connectivity index (χ3v) is 3.73. The van der Waals surface area contributed by atoms with E-state index in [0.717, 1.165) is 12.1 Å². The molecular formula is C14H15FIN3. The molecule has 0 aliphatic rings. The van der Waals surface area contributed by atoms with E-state index in [0.29, 0.717) is 21.5 Å². The minimum Gasteiger partial charge on any atom is -0.397 e. The Kier molecular flexibility index (Phi) is 4.57. The van der Waals surface area contributed by atoms with Crippen LogP contribution in [0.5, 0.6) is 0 Å². The zero-order valence-corrected chi connectivity index (χ0v) is 12.7. The van der Waals surface area contributed by atoms with Crippen LogP contribution in [0.1, 0.15) is 18.2 Å². The van der Waals surface area contributed by atoms with E-state index in [4.69, 9.17) is 5.73 Å². The molecule has 0 amide bonds. The van der Waals surface area contributed by atoms with Gasteiger partial charge in [-0.3, -0.25) is 4.98 Å². The van der Waals surface area contributed by atoms with Gasteiger partial charge in [0.15, 0.2) is 0 Å². The lowest BCUT2D eigenvalue weighted by Gasteiger charge is -2.12. The molecule has 5 heteroatoms. The van der Waals surface area contributed by atoms with Crippen molar-refractivity contribution in [1.29, 1.82) is 0 Å². The molecule has 3 nitrogen and oxygen atoms in total. The summed E-state index contributed by atoms with van der Waals surface area (Å²) >= 11 is 1.92. The van der Waals surface area contributed by atoms with E-state index >= 15 is 0 Å². The summed E-state index contributed by atoms with van der Waals surface area (Å²) in [6.07, 6.45) is 2.68. The van der Waals surface area contributed by atoms with Crippen molar-refractivity contribution >= 4 is 34.0 Å². The maximum atomic E-state index is 13.5. The number of pyridine rings is 1. The second-order valence-corrected chi connectivity index (χ2v) is 5.33. The summed E-state index contributed by atoms with van der Waals surface area (Å²) in [5, 5.41) is 3.14. The molecule has 0 aliphatic heterocycles. The number of hydrogen-bond donors (Lipinski definition) is 2. The maximum Gasteiger partial charge on any atom is 0.138 e. The van der Waals surface area contributed by atoms with Gasteiger partial charge in [-0.2, -0.15) is 0 Å². The van der Waals surface area contributed by atoms with Crippen molar-refractivity contribution in [3.05, 3.63) is 51.1 Å². The molecular weight excluding hydrogens is 356 g/mol. The molecule has 0 atom stereocenters. The van der Waals surface area contributed by atoms with Crippen molar-refractivity contribution in [2.45, 2.75) is 19.9 Å². The summed E-state index contributed by atoms with van der Waals surface area (Å²) < 4.78 is 14.0. The van der Waals surface area contributed by atoms with Gasteiger partial charge < -0.3 is 11.1 Å². The van der Waals surface area contributed by atoms with Crippen LogP contribution in [0.25, 0.3) is 0 Å². The highest BCUT2D eigenvalue weighted by Gasteiger charge is 2.07. The van der Waals surface area contributed by atoms with E-state index in [1.807, 2.05) is 34.7 Å². The molecule has 0 radical (unpaired) electrons. The second-order valence-electron chi connectivity index (χ2n) is 4.17. The molecule has 0 spiro atoms. The van der Waals surface area contributed by atoms with Crippen LogP contribution >= 0.6 is 22.6 Å². The summed E-state index contributed by atoms with van der Waals surface area (Å²) in [5.41, 5.74) is 9.16. The Labute approximate surface area is 125 Å². The van der Waals surface area contributed by atoms with Gasteiger partial charge in [0.2, 0.25) is 0 Å². The summed E-state index contributed by atoms with van der Waals surface area (Å²) in [4.78, 5) is 4.34. The summed E-state index contributed by atoms with van der Waals surface area (Å²) in [7, 11) is 0. The van der Waals surface area contributed by atoms with Gasteiger partial charge >= 0.3 is 0 Å². The number of aromatic nitrogens is 1. The van der Waals surface area contributed by atoms with Crippen molar-refractivity contribution in [3.63, 3.8) is 0 Å². The van der Waals surface area contributed by atoms with Gasteiger partial charge in [-0.1, -0.05) is 13.0 Å². The Hall–Kier alpha value is -1.37. The van der Waals surface area contributed by atoms with Crippen LogP contribution in [0.2, 0.25) is 0 Å². The van der Waals surface area contributed by atoms with Gasteiger partial charge in [-0.15, -0.1) is 0 Å². The fourth-order valence-electron chi connectivity index (χ4n) is 1.85. The van der Waals surface area contributed by atoms with Crippen LogP contribution in [-0.2, 0) is 13.0 Å². The Balaban J connectivity index is 2.17. The lowest BCUT2D eigenvalue weighted by molar-refractivity contribution is 0.621. The normalized spacial score (nSPS) is 10.5. The Morgan fingerprint density at radius 2 is 2.21 bits per heavy atom. The fourth-order valence-corrected chi connectivity index (χ4v) is 2.34. The molecule has 19 heavy (non-hydrogen) atoms. The monoisotopic (exact) mass is 371 g/mol. The predicted molar refractivity (Wildman–Crippen MR) is 84.5 cm³/mol. The highest BCUT2D eigenvalue weighted by atomic mass is 127. The first-order valence-corrected chi connectivity index (χ1v) is 7.11. The number of nitrogens with zero attached hydrogens (tertiary/aromatic N) is 1. The van der Waals surface area contributed by atoms with E-state index < -0.39 is 0 Å². The molecule has 1 aromatic carbocycles. The van der Waals surface area contributed by atoms with Crippen molar-refractivity contribution in [2.75, 3.05) is 11.1 Å². The number of benzene rings is 1. The molecule has 0 saturated heterocycles. The third kappa shape index (κ3) is 3.34. The van der Waals surface area contributed by atoms with Crippen LogP contribution in [-0.4, -0.2) is 4.98 Å². The lowest BCUT2D eigenvalue weighted by Crippen LogP contribution is -2.07. The fraction of sp³-hybridized carbons (Fsp3) is 0.214. The minimum absolute atomic E-state index is 0.269. The molecule has 2 aromatic rings. The number of hydrogen-bond acceptors (Lipinski definition) is 3. The van der Waals surface area contributed by atoms with Gasteiger partial charge in [0.1, 0.15) is 5.82 Å². The molecule has 0 bridgehead atoms. The SMILES string of the molecule is CCc1cccnc1CNc1cc(F)c(I)cc1N. The second kappa shape index (κ2) is 6.18. The summed E-state index contributed by atoms with van der Waals surface area (Å²) in [5.74, 6) is -0.269. The highest BCUT2D eigenvalue weighted by molar-refractivity contribution is 14.1. The zero-order chi connectivity index (χ0) is 13.8. The number of anilines is 2. The Morgan fingerprint density at radius 1 is 1.42 bits per heavy atom. The van der Waals surface area contributed by atoms with E-state index in [1.54, 1.807) is 12.3 Å². The predicted octanol–water partition coefficient (Wildman–Crippen LogP) is 3.58. The number of halogens is 2. The van der Waals surface area contributed by atoms with Crippen molar-refractivity contribution in [2.24, 2.45) is 0 Å². The molecule has 0 fully saturated rings. The smallest absolute Gasteiger partial charge is 0.138 e. The van der Waals surface area contributed by atoms with Gasteiger partial charge in [-0.25, -0.2) is 4.39 Å². The van der Waals surface area contributed by atoms with Crippen molar-refractivity contribution in [3.8, 4) is 0 Å². The van der Waals surface area contributed by atoms with E-state index in [-0.39, 0.29) is 5.82 Å².